The summed E-state index contributed by atoms with van der Waals surface area (Å²) in [5, 5.41) is 2.24. The Labute approximate surface area is 127 Å². The van der Waals surface area contributed by atoms with Crippen molar-refractivity contribution in [3.63, 3.8) is 0 Å². The van der Waals surface area contributed by atoms with Gasteiger partial charge < -0.3 is 4.74 Å². The van der Waals surface area contributed by atoms with Crippen molar-refractivity contribution < 1.29 is 9.53 Å². The van der Waals surface area contributed by atoms with Crippen LogP contribution in [0.15, 0.2) is 24.3 Å². The summed E-state index contributed by atoms with van der Waals surface area (Å²) in [5.41, 5.74) is 6.04. The second kappa shape index (κ2) is 7.05. The summed E-state index contributed by atoms with van der Waals surface area (Å²) in [6.07, 6.45) is 1.48. The fourth-order valence-electron chi connectivity index (χ4n) is 3.27. The highest BCUT2D eigenvalue weighted by molar-refractivity contribution is 5.69. The predicted molar refractivity (Wildman–Crippen MR) is 83.8 cm³/mol. The van der Waals surface area contributed by atoms with E-state index in [2.05, 4.69) is 48.5 Å². The van der Waals surface area contributed by atoms with Crippen molar-refractivity contribution >= 4 is 5.97 Å². The number of benzene rings is 1. The summed E-state index contributed by atoms with van der Waals surface area (Å²) in [6, 6.07) is 8.95. The number of hydrogen-bond donors (Lipinski definition) is 1. The van der Waals surface area contributed by atoms with Gasteiger partial charge >= 0.3 is 5.97 Å². The second-order valence-electron chi connectivity index (χ2n) is 6.06. The Morgan fingerprint density at radius 2 is 2.14 bits per heavy atom. The number of carbonyl (C=O) groups is 1. The molecule has 1 fully saturated rings. The first kappa shape index (κ1) is 16.0. The fourth-order valence-corrected chi connectivity index (χ4v) is 3.27. The molecule has 0 amide bonds. The molecule has 1 aromatic carbocycles. The first-order valence-corrected chi connectivity index (χ1v) is 7.66. The van der Waals surface area contributed by atoms with Gasteiger partial charge in [-0.2, -0.15) is 0 Å². The standard InChI is InChI=1S/C17H26N2O2/c1-12(2)14-7-5-6-8-15(14)16-9-13(10-17(20)21-4)11-19(16)18-3/h5-8,12-13,16,18H,9-11H2,1-4H3. The summed E-state index contributed by atoms with van der Waals surface area (Å²) in [5.74, 6) is 0.725. The molecule has 1 aromatic rings. The summed E-state index contributed by atoms with van der Waals surface area (Å²) >= 11 is 0. The van der Waals surface area contributed by atoms with Gasteiger partial charge in [-0.15, -0.1) is 0 Å². The molecule has 1 aliphatic rings. The van der Waals surface area contributed by atoms with Crippen molar-refractivity contribution in [3.05, 3.63) is 35.4 Å². The molecule has 1 saturated heterocycles. The molecule has 0 bridgehead atoms. The van der Waals surface area contributed by atoms with Gasteiger partial charge in [0.05, 0.1) is 7.11 Å². The number of rotatable bonds is 5. The third-order valence-corrected chi connectivity index (χ3v) is 4.33. The molecule has 0 saturated carbocycles. The minimum atomic E-state index is -0.117. The van der Waals surface area contributed by atoms with E-state index in [1.807, 2.05) is 7.05 Å². The van der Waals surface area contributed by atoms with E-state index in [0.717, 1.165) is 13.0 Å². The number of esters is 1. The van der Waals surface area contributed by atoms with Crippen LogP contribution in [0.3, 0.4) is 0 Å². The van der Waals surface area contributed by atoms with Crippen LogP contribution < -0.4 is 5.43 Å². The lowest BCUT2D eigenvalue weighted by atomic mass is 9.90. The summed E-state index contributed by atoms with van der Waals surface area (Å²) in [7, 11) is 3.41. The molecule has 0 spiro atoms. The fraction of sp³-hybridized carbons (Fsp3) is 0.588. The van der Waals surface area contributed by atoms with Crippen molar-refractivity contribution in [1.82, 2.24) is 10.4 Å². The van der Waals surface area contributed by atoms with Crippen molar-refractivity contribution in [3.8, 4) is 0 Å². The minimum absolute atomic E-state index is 0.117. The second-order valence-corrected chi connectivity index (χ2v) is 6.06. The molecule has 1 heterocycles. The molecule has 116 valence electrons. The third-order valence-electron chi connectivity index (χ3n) is 4.33. The normalized spacial score (nSPS) is 22.7. The maximum Gasteiger partial charge on any atom is 0.305 e. The van der Waals surface area contributed by atoms with E-state index in [4.69, 9.17) is 4.74 Å². The van der Waals surface area contributed by atoms with E-state index in [9.17, 15) is 4.79 Å². The van der Waals surface area contributed by atoms with Crippen LogP contribution in [0.4, 0.5) is 0 Å². The molecule has 0 radical (unpaired) electrons. The highest BCUT2D eigenvalue weighted by Crippen LogP contribution is 2.38. The van der Waals surface area contributed by atoms with Gasteiger partial charge in [0.1, 0.15) is 0 Å². The van der Waals surface area contributed by atoms with Gasteiger partial charge in [-0.3, -0.25) is 10.2 Å². The predicted octanol–water partition coefficient (Wildman–Crippen LogP) is 2.87. The molecule has 0 aromatic heterocycles. The topological polar surface area (TPSA) is 41.6 Å². The van der Waals surface area contributed by atoms with Crippen LogP contribution >= 0.6 is 0 Å². The summed E-state index contributed by atoms with van der Waals surface area (Å²) < 4.78 is 4.81. The highest BCUT2D eigenvalue weighted by atomic mass is 16.5. The number of hydrogen-bond acceptors (Lipinski definition) is 4. The van der Waals surface area contributed by atoms with E-state index >= 15 is 0 Å². The maximum atomic E-state index is 11.5. The number of methoxy groups -OCH3 is 1. The van der Waals surface area contributed by atoms with Gasteiger partial charge in [-0.25, -0.2) is 5.01 Å². The van der Waals surface area contributed by atoms with E-state index in [0.29, 0.717) is 24.3 Å². The van der Waals surface area contributed by atoms with Gasteiger partial charge in [0.15, 0.2) is 0 Å². The van der Waals surface area contributed by atoms with Crippen molar-refractivity contribution in [2.45, 2.75) is 38.6 Å². The van der Waals surface area contributed by atoms with Crippen molar-refractivity contribution in [1.29, 1.82) is 0 Å². The minimum Gasteiger partial charge on any atom is -0.469 e. The zero-order chi connectivity index (χ0) is 15.4. The quantitative estimate of drug-likeness (QED) is 0.847. The zero-order valence-electron chi connectivity index (χ0n) is 13.4. The van der Waals surface area contributed by atoms with Crippen LogP contribution in [0, 0.1) is 5.92 Å². The summed E-state index contributed by atoms with van der Waals surface area (Å²) in [6.45, 7) is 5.33. The van der Waals surface area contributed by atoms with Crippen LogP contribution in [-0.4, -0.2) is 31.7 Å². The molecule has 4 heteroatoms. The molecule has 2 unspecified atom stereocenters. The molecular formula is C17H26N2O2. The zero-order valence-corrected chi connectivity index (χ0v) is 13.4. The van der Waals surface area contributed by atoms with Crippen LogP contribution in [0.1, 0.15) is 49.8 Å². The van der Waals surface area contributed by atoms with E-state index in [1.165, 1.54) is 18.2 Å². The molecule has 1 aliphatic heterocycles. The van der Waals surface area contributed by atoms with E-state index in [1.54, 1.807) is 0 Å². The number of nitrogens with one attached hydrogen (secondary N) is 1. The molecule has 4 nitrogen and oxygen atoms in total. The van der Waals surface area contributed by atoms with E-state index < -0.39 is 0 Å². The maximum absolute atomic E-state index is 11.5. The lowest BCUT2D eigenvalue weighted by Gasteiger charge is -2.26. The van der Waals surface area contributed by atoms with Crippen LogP contribution in [0.25, 0.3) is 0 Å². The monoisotopic (exact) mass is 290 g/mol. The number of carbonyl (C=O) groups excluding carboxylic acids is 1. The number of nitrogens with zero attached hydrogens (tertiary/aromatic N) is 1. The molecule has 1 N–H and O–H groups in total. The summed E-state index contributed by atoms with van der Waals surface area (Å²) in [4.78, 5) is 11.5. The Balaban J connectivity index is 2.20. The van der Waals surface area contributed by atoms with Crippen LogP contribution in [0.5, 0.6) is 0 Å². The number of hydrazine groups is 1. The molecule has 21 heavy (non-hydrogen) atoms. The third kappa shape index (κ3) is 3.63. The van der Waals surface area contributed by atoms with Gasteiger partial charge in [0.25, 0.3) is 0 Å². The smallest absolute Gasteiger partial charge is 0.305 e. The SMILES string of the molecule is CNN1CC(CC(=O)OC)CC1c1ccccc1C(C)C. The van der Waals surface area contributed by atoms with Gasteiger partial charge in [0, 0.05) is 19.0 Å². The Morgan fingerprint density at radius 1 is 1.43 bits per heavy atom. The molecular weight excluding hydrogens is 264 g/mol. The van der Waals surface area contributed by atoms with Crippen LogP contribution in [0.2, 0.25) is 0 Å². The van der Waals surface area contributed by atoms with E-state index in [-0.39, 0.29) is 5.97 Å². The van der Waals surface area contributed by atoms with Gasteiger partial charge in [0.2, 0.25) is 0 Å². The largest absolute Gasteiger partial charge is 0.469 e. The highest BCUT2D eigenvalue weighted by Gasteiger charge is 2.34. The Hall–Kier alpha value is -1.39. The molecule has 0 aliphatic carbocycles. The average molecular weight is 290 g/mol. The van der Waals surface area contributed by atoms with Crippen LogP contribution in [-0.2, 0) is 9.53 Å². The Kier molecular flexibility index (Phi) is 5.37. The average Bonchev–Trinajstić information content (AvgIpc) is 2.89. The molecule has 2 rings (SSSR count). The number of ether oxygens (including phenoxy) is 1. The first-order valence-electron chi connectivity index (χ1n) is 7.66. The van der Waals surface area contributed by atoms with Crippen molar-refractivity contribution in [2.75, 3.05) is 20.7 Å². The lowest BCUT2D eigenvalue weighted by molar-refractivity contribution is -0.141. The van der Waals surface area contributed by atoms with Crippen molar-refractivity contribution in [2.24, 2.45) is 5.92 Å². The Bertz CT molecular complexity index is 487. The van der Waals surface area contributed by atoms with Gasteiger partial charge in [-0.05, 0) is 36.4 Å². The lowest BCUT2D eigenvalue weighted by Crippen LogP contribution is -2.35. The Morgan fingerprint density at radius 3 is 2.76 bits per heavy atom. The first-order chi connectivity index (χ1) is 10.1. The molecule has 2 atom stereocenters. The van der Waals surface area contributed by atoms with Gasteiger partial charge in [-0.1, -0.05) is 38.1 Å².